The number of rotatable bonds is 7. The van der Waals surface area contributed by atoms with Gasteiger partial charge in [0.25, 0.3) is 11.7 Å². The molecule has 1 unspecified atom stereocenters. The Morgan fingerprint density at radius 1 is 1.12 bits per heavy atom. The van der Waals surface area contributed by atoms with Gasteiger partial charge in [0.15, 0.2) is 0 Å². The minimum atomic E-state index is -0.690. The Morgan fingerprint density at radius 2 is 1.82 bits per heavy atom. The average Bonchev–Trinajstić information content (AvgIpc) is 3.09. The molecule has 8 heteroatoms. The normalized spacial score (nSPS) is 20.7. The Kier molecular flexibility index (Phi) is 7.56. The number of halogens is 1. The van der Waals surface area contributed by atoms with Crippen LogP contribution in [0.15, 0.2) is 48.0 Å². The Bertz CT molecular complexity index is 1090. The molecule has 1 N–H and O–H groups in total. The van der Waals surface area contributed by atoms with Gasteiger partial charge in [-0.25, -0.2) is 0 Å². The summed E-state index contributed by atoms with van der Waals surface area (Å²) in [6.45, 7) is 6.18. The number of carbonyl (C=O) groups excluding carboxylic acids is 2. The molecule has 7 nitrogen and oxygen atoms in total. The molecule has 1 amide bonds. The van der Waals surface area contributed by atoms with Crippen LogP contribution in [0.1, 0.15) is 29.2 Å². The Morgan fingerprint density at radius 3 is 2.47 bits per heavy atom. The molecule has 2 aliphatic heterocycles. The summed E-state index contributed by atoms with van der Waals surface area (Å²) in [6, 6.07) is 11.5. The smallest absolute Gasteiger partial charge is 0.295 e. The number of carbonyl (C=O) groups is 2. The van der Waals surface area contributed by atoms with Gasteiger partial charge >= 0.3 is 0 Å². The van der Waals surface area contributed by atoms with Crippen molar-refractivity contribution in [3.8, 4) is 5.75 Å². The third-order valence-corrected chi connectivity index (χ3v) is 6.62. The zero-order chi connectivity index (χ0) is 24.2. The summed E-state index contributed by atoms with van der Waals surface area (Å²) in [5, 5.41) is 11.8. The van der Waals surface area contributed by atoms with Gasteiger partial charge < -0.3 is 19.5 Å². The van der Waals surface area contributed by atoms with Crippen LogP contribution in [0.3, 0.4) is 0 Å². The van der Waals surface area contributed by atoms with Gasteiger partial charge in [-0.1, -0.05) is 23.7 Å². The van der Waals surface area contributed by atoms with E-state index in [2.05, 4.69) is 4.90 Å². The number of amides is 1. The van der Waals surface area contributed by atoms with Crippen molar-refractivity contribution in [2.75, 3.05) is 46.5 Å². The lowest BCUT2D eigenvalue weighted by Crippen LogP contribution is -2.38. The van der Waals surface area contributed by atoms with E-state index in [4.69, 9.17) is 21.1 Å². The van der Waals surface area contributed by atoms with Crippen molar-refractivity contribution in [2.45, 2.75) is 19.4 Å². The molecule has 34 heavy (non-hydrogen) atoms. The number of hydrogen-bond acceptors (Lipinski definition) is 6. The lowest BCUT2D eigenvalue weighted by Gasteiger charge is -2.29. The zero-order valence-electron chi connectivity index (χ0n) is 19.4. The maximum absolute atomic E-state index is 13.2. The number of nitrogens with zero attached hydrogens (tertiary/aromatic N) is 2. The van der Waals surface area contributed by atoms with Gasteiger partial charge in [0.05, 0.1) is 31.9 Å². The first kappa shape index (κ1) is 24.3. The second-order valence-corrected chi connectivity index (χ2v) is 8.97. The highest BCUT2D eigenvalue weighted by Gasteiger charge is 2.45. The largest absolute Gasteiger partial charge is 0.507 e. The summed E-state index contributed by atoms with van der Waals surface area (Å²) in [5.74, 6) is -0.805. The molecule has 2 aromatic rings. The summed E-state index contributed by atoms with van der Waals surface area (Å²) in [5.41, 5.74) is 2.09. The van der Waals surface area contributed by atoms with E-state index in [0.717, 1.165) is 30.8 Å². The van der Waals surface area contributed by atoms with Crippen molar-refractivity contribution in [1.29, 1.82) is 0 Å². The van der Waals surface area contributed by atoms with Gasteiger partial charge in [-0.05, 0) is 54.8 Å². The lowest BCUT2D eigenvalue weighted by atomic mass is 9.94. The number of Topliss-reactive ketones (excluding diaryl/α,β-unsaturated/α-hetero) is 1. The number of likely N-dealkylation sites (tertiary alicyclic amines) is 1. The summed E-state index contributed by atoms with van der Waals surface area (Å²) in [4.78, 5) is 30.1. The van der Waals surface area contributed by atoms with Crippen molar-refractivity contribution >= 4 is 29.1 Å². The van der Waals surface area contributed by atoms with Gasteiger partial charge in [0.2, 0.25) is 0 Å². The fourth-order valence-electron chi connectivity index (χ4n) is 4.57. The number of aliphatic hydroxyl groups is 1. The number of benzene rings is 2. The molecule has 2 fully saturated rings. The monoisotopic (exact) mass is 484 g/mol. The highest BCUT2D eigenvalue weighted by Crippen LogP contribution is 2.40. The highest BCUT2D eigenvalue weighted by molar-refractivity contribution is 6.46. The minimum absolute atomic E-state index is 0.0864. The lowest BCUT2D eigenvalue weighted by molar-refractivity contribution is -0.140. The minimum Gasteiger partial charge on any atom is -0.507 e. The van der Waals surface area contributed by atoms with Crippen LogP contribution in [0.2, 0.25) is 5.02 Å². The number of aryl methyl sites for hydroxylation is 1. The number of ketones is 1. The van der Waals surface area contributed by atoms with Crippen molar-refractivity contribution in [3.63, 3.8) is 0 Å². The molecule has 0 aromatic heterocycles. The van der Waals surface area contributed by atoms with Crippen LogP contribution in [-0.2, 0) is 14.3 Å². The molecule has 2 saturated heterocycles. The molecule has 2 aromatic carbocycles. The molecule has 0 radical (unpaired) electrons. The first-order valence-corrected chi connectivity index (χ1v) is 11.8. The van der Waals surface area contributed by atoms with E-state index in [1.165, 1.54) is 0 Å². The van der Waals surface area contributed by atoms with E-state index >= 15 is 0 Å². The molecule has 0 saturated carbocycles. The predicted molar refractivity (Wildman–Crippen MR) is 130 cm³/mol. The standard InChI is InChI=1S/C26H29ClN2O5/c1-17-16-19(6-9-21(17)33-2)24(30)22-23(18-4-7-20(27)8-5-18)29(26(32)25(22)31)11-3-10-28-12-14-34-15-13-28/h4-9,16,23,30H,3,10-15H2,1-2H3/b24-22+. The Balaban J connectivity index is 1.68. The van der Waals surface area contributed by atoms with E-state index in [1.54, 1.807) is 54.5 Å². The number of aliphatic hydroxyl groups excluding tert-OH is 1. The maximum atomic E-state index is 13.2. The van der Waals surface area contributed by atoms with Gasteiger partial charge in [0, 0.05) is 36.8 Å². The molecular weight excluding hydrogens is 456 g/mol. The van der Waals surface area contributed by atoms with E-state index in [1.807, 2.05) is 6.92 Å². The Labute approximate surface area is 204 Å². The third kappa shape index (κ3) is 4.97. The highest BCUT2D eigenvalue weighted by atomic mass is 35.5. The first-order chi connectivity index (χ1) is 16.4. The van der Waals surface area contributed by atoms with E-state index in [0.29, 0.717) is 42.5 Å². The van der Waals surface area contributed by atoms with E-state index in [-0.39, 0.29) is 11.3 Å². The van der Waals surface area contributed by atoms with Gasteiger partial charge in [-0.3, -0.25) is 14.5 Å². The van der Waals surface area contributed by atoms with Crippen molar-refractivity contribution in [3.05, 3.63) is 69.8 Å². The molecule has 4 rings (SSSR count). The molecule has 2 aliphatic rings. The second kappa shape index (κ2) is 10.6. The topological polar surface area (TPSA) is 79.3 Å². The molecule has 0 bridgehead atoms. The summed E-state index contributed by atoms with van der Waals surface area (Å²) >= 11 is 6.09. The van der Waals surface area contributed by atoms with Crippen LogP contribution in [-0.4, -0.2) is 73.1 Å². The SMILES string of the molecule is COc1ccc(/C(O)=C2\C(=O)C(=O)N(CCCN3CCOCC3)C2c2ccc(Cl)cc2)cc1C. The van der Waals surface area contributed by atoms with E-state index in [9.17, 15) is 14.7 Å². The number of methoxy groups -OCH3 is 1. The summed E-state index contributed by atoms with van der Waals surface area (Å²) in [6.07, 6.45) is 0.707. The van der Waals surface area contributed by atoms with Crippen molar-refractivity contribution < 1.29 is 24.2 Å². The molecule has 2 heterocycles. The fraction of sp³-hybridized carbons (Fsp3) is 0.385. The molecule has 0 aliphatic carbocycles. The van der Waals surface area contributed by atoms with Crippen LogP contribution in [0.5, 0.6) is 5.75 Å². The van der Waals surface area contributed by atoms with Crippen LogP contribution in [0.25, 0.3) is 5.76 Å². The quantitative estimate of drug-likeness (QED) is 0.366. The fourth-order valence-corrected chi connectivity index (χ4v) is 4.70. The maximum Gasteiger partial charge on any atom is 0.295 e. The van der Waals surface area contributed by atoms with Crippen LogP contribution >= 0.6 is 11.6 Å². The number of hydrogen-bond donors (Lipinski definition) is 1. The molecule has 1 atom stereocenters. The summed E-state index contributed by atoms with van der Waals surface area (Å²) < 4.78 is 10.7. The van der Waals surface area contributed by atoms with Gasteiger partial charge in [-0.2, -0.15) is 0 Å². The van der Waals surface area contributed by atoms with Gasteiger partial charge in [-0.15, -0.1) is 0 Å². The average molecular weight is 485 g/mol. The van der Waals surface area contributed by atoms with Crippen molar-refractivity contribution in [2.24, 2.45) is 0 Å². The van der Waals surface area contributed by atoms with Crippen molar-refractivity contribution in [1.82, 2.24) is 9.80 Å². The van der Waals surface area contributed by atoms with Crippen LogP contribution in [0.4, 0.5) is 0 Å². The van der Waals surface area contributed by atoms with Crippen LogP contribution in [0, 0.1) is 6.92 Å². The number of ether oxygens (including phenoxy) is 2. The predicted octanol–water partition coefficient (Wildman–Crippen LogP) is 3.80. The first-order valence-electron chi connectivity index (χ1n) is 11.4. The number of morpholine rings is 1. The molecule has 0 spiro atoms. The van der Waals surface area contributed by atoms with E-state index < -0.39 is 17.7 Å². The molecule has 180 valence electrons. The van der Waals surface area contributed by atoms with Gasteiger partial charge in [0.1, 0.15) is 11.5 Å². The second-order valence-electron chi connectivity index (χ2n) is 8.54. The third-order valence-electron chi connectivity index (χ3n) is 6.37. The zero-order valence-corrected chi connectivity index (χ0v) is 20.2. The molecular formula is C26H29ClN2O5. The van der Waals surface area contributed by atoms with Crippen LogP contribution < -0.4 is 4.74 Å². The summed E-state index contributed by atoms with van der Waals surface area (Å²) in [7, 11) is 1.57. The Hall–Kier alpha value is -2.87.